The molecule has 31 heavy (non-hydrogen) atoms. The van der Waals surface area contributed by atoms with Gasteiger partial charge in [0.2, 0.25) is 11.9 Å². The summed E-state index contributed by atoms with van der Waals surface area (Å²) in [4.78, 5) is 33.0. The number of imidazole rings is 1. The Balaban J connectivity index is 2.01. The first-order chi connectivity index (χ1) is 15.1. The van der Waals surface area contributed by atoms with E-state index in [9.17, 15) is 9.59 Å². The summed E-state index contributed by atoms with van der Waals surface area (Å²) in [5.41, 5.74) is 2.27. The first-order valence-electron chi connectivity index (χ1n) is 10.2. The number of anilines is 1. The second-order valence-electron chi connectivity index (χ2n) is 7.17. The summed E-state index contributed by atoms with van der Waals surface area (Å²) < 4.78 is 18.1. The van der Waals surface area contributed by atoms with Crippen LogP contribution in [-0.2, 0) is 19.1 Å². The minimum absolute atomic E-state index is 0.177. The van der Waals surface area contributed by atoms with Crippen LogP contribution in [0.25, 0.3) is 11.0 Å². The number of nitrogens with zero attached hydrogens (tertiary/aromatic N) is 3. The minimum atomic E-state index is -1.08. The molecular formula is C23H25N3O5. The van der Waals surface area contributed by atoms with Crippen LogP contribution in [0.1, 0.15) is 18.5 Å². The van der Waals surface area contributed by atoms with Gasteiger partial charge in [0.15, 0.2) is 5.92 Å². The molecule has 0 fully saturated rings. The third-order valence-corrected chi connectivity index (χ3v) is 5.46. The number of para-hydroxylation sites is 3. The van der Waals surface area contributed by atoms with E-state index in [0.717, 1.165) is 11.0 Å². The monoisotopic (exact) mass is 423 g/mol. The molecule has 0 saturated heterocycles. The number of benzene rings is 2. The van der Waals surface area contributed by atoms with Crippen molar-refractivity contribution in [1.82, 2.24) is 9.55 Å². The van der Waals surface area contributed by atoms with Crippen LogP contribution in [0.4, 0.5) is 5.95 Å². The number of rotatable bonds is 7. The van der Waals surface area contributed by atoms with Gasteiger partial charge in [-0.15, -0.1) is 0 Å². The Morgan fingerprint density at radius 2 is 1.84 bits per heavy atom. The van der Waals surface area contributed by atoms with Crippen molar-refractivity contribution in [3.8, 4) is 5.75 Å². The van der Waals surface area contributed by atoms with Gasteiger partial charge in [-0.05, 0) is 25.1 Å². The Kier molecular flexibility index (Phi) is 5.90. The van der Waals surface area contributed by atoms with Gasteiger partial charge in [-0.3, -0.25) is 14.5 Å². The number of fused-ring (bicyclic) bond motifs is 3. The van der Waals surface area contributed by atoms with E-state index in [1.54, 1.807) is 21.1 Å². The summed E-state index contributed by atoms with van der Waals surface area (Å²) in [6.07, 6.45) is 0. The van der Waals surface area contributed by atoms with Crippen molar-refractivity contribution in [2.24, 2.45) is 5.92 Å². The van der Waals surface area contributed by atoms with Crippen LogP contribution in [0.5, 0.6) is 5.75 Å². The van der Waals surface area contributed by atoms with Crippen molar-refractivity contribution in [2.45, 2.75) is 13.0 Å². The highest BCUT2D eigenvalue weighted by Gasteiger charge is 2.48. The van der Waals surface area contributed by atoms with E-state index in [2.05, 4.69) is 0 Å². The van der Waals surface area contributed by atoms with Crippen molar-refractivity contribution in [3.05, 3.63) is 54.1 Å². The van der Waals surface area contributed by atoms with Gasteiger partial charge < -0.3 is 18.8 Å². The minimum Gasteiger partial charge on any atom is -0.496 e. The van der Waals surface area contributed by atoms with E-state index in [4.69, 9.17) is 19.2 Å². The molecule has 8 heteroatoms. The van der Waals surface area contributed by atoms with Gasteiger partial charge in [0, 0.05) is 12.7 Å². The number of methoxy groups -OCH3 is 2. The van der Waals surface area contributed by atoms with Gasteiger partial charge in [-0.2, -0.15) is 0 Å². The van der Waals surface area contributed by atoms with E-state index in [1.807, 2.05) is 53.1 Å². The molecule has 3 aromatic rings. The molecule has 1 aliphatic heterocycles. The van der Waals surface area contributed by atoms with Gasteiger partial charge in [0.05, 0.1) is 43.9 Å². The SMILES string of the molecule is CCOC(=O)[C@H]1C(=O)N(CCOC)c2nc3ccccc3n2[C@H]1c1ccccc1OC. The Morgan fingerprint density at radius 3 is 2.58 bits per heavy atom. The summed E-state index contributed by atoms with van der Waals surface area (Å²) in [5.74, 6) is -0.968. The van der Waals surface area contributed by atoms with Crippen LogP contribution < -0.4 is 9.64 Å². The highest BCUT2D eigenvalue weighted by molar-refractivity contribution is 6.08. The normalized spacial score (nSPS) is 18.2. The Morgan fingerprint density at radius 1 is 1.10 bits per heavy atom. The van der Waals surface area contributed by atoms with E-state index >= 15 is 0 Å². The molecule has 4 rings (SSSR count). The fraction of sp³-hybridized carbons (Fsp3) is 0.348. The number of hydrogen-bond donors (Lipinski definition) is 0. The Bertz CT molecular complexity index is 1110. The standard InChI is InChI=1S/C23H25N3O5/c1-4-31-22(28)19-20(15-9-5-8-12-18(15)30-3)26-17-11-7-6-10-16(17)24-23(26)25(21(19)27)13-14-29-2/h5-12,19-20H,4,13-14H2,1-3H3/t19-,20+/m1/s1. The summed E-state index contributed by atoms with van der Waals surface area (Å²) in [7, 11) is 3.14. The van der Waals surface area contributed by atoms with Crippen LogP contribution in [-0.4, -0.2) is 55.4 Å². The summed E-state index contributed by atoms with van der Waals surface area (Å²) in [6.45, 7) is 2.48. The van der Waals surface area contributed by atoms with Crippen molar-refractivity contribution in [1.29, 1.82) is 0 Å². The zero-order chi connectivity index (χ0) is 22.0. The highest BCUT2D eigenvalue weighted by Crippen LogP contribution is 2.43. The van der Waals surface area contributed by atoms with E-state index in [1.165, 1.54) is 4.90 Å². The lowest BCUT2D eigenvalue weighted by Crippen LogP contribution is -2.51. The fourth-order valence-electron chi connectivity index (χ4n) is 4.13. The molecule has 0 N–H and O–H groups in total. The number of esters is 1. The van der Waals surface area contributed by atoms with Crippen molar-refractivity contribution < 1.29 is 23.8 Å². The first-order valence-corrected chi connectivity index (χ1v) is 10.2. The number of hydrogen-bond acceptors (Lipinski definition) is 6. The summed E-state index contributed by atoms with van der Waals surface area (Å²) in [5, 5.41) is 0. The molecule has 0 radical (unpaired) electrons. The summed E-state index contributed by atoms with van der Waals surface area (Å²) >= 11 is 0. The molecule has 1 aliphatic rings. The smallest absolute Gasteiger partial charge is 0.321 e. The quantitative estimate of drug-likeness (QED) is 0.429. The van der Waals surface area contributed by atoms with Gasteiger partial charge in [-0.25, -0.2) is 4.98 Å². The van der Waals surface area contributed by atoms with Crippen molar-refractivity contribution >= 4 is 28.9 Å². The summed E-state index contributed by atoms with van der Waals surface area (Å²) in [6, 6.07) is 14.4. The third-order valence-electron chi connectivity index (χ3n) is 5.46. The zero-order valence-corrected chi connectivity index (χ0v) is 17.8. The van der Waals surface area contributed by atoms with Gasteiger partial charge in [-0.1, -0.05) is 30.3 Å². The molecule has 162 valence electrons. The lowest BCUT2D eigenvalue weighted by molar-refractivity contribution is -0.153. The van der Waals surface area contributed by atoms with Crippen LogP contribution >= 0.6 is 0 Å². The highest BCUT2D eigenvalue weighted by atomic mass is 16.5. The number of carbonyl (C=O) groups excluding carboxylic acids is 2. The molecule has 2 heterocycles. The van der Waals surface area contributed by atoms with Crippen LogP contribution in [0.3, 0.4) is 0 Å². The molecule has 0 saturated carbocycles. The fourth-order valence-corrected chi connectivity index (χ4v) is 4.13. The third kappa shape index (κ3) is 3.53. The maximum atomic E-state index is 13.6. The first kappa shape index (κ1) is 20.9. The molecule has 2 atom stereocenters. The van der Waals surface area contributed by atoms with Gasteiger partial charge in [0.1, 0.15) is 5.75 Å². The molecule has 1 aromatic heterocycles. The lowest BCUT2D eigenvalue weighted by Gasteiger charge is -2.38. The lowest BCUT2D eigenvalue weighted by atomic mass is 9.89. The van der Waals surface area contributed by atoms with E-state index in [-0.39, 0.29) is 19.1 Å². The van der Waals surface area contributed by atoms with Gasteiger partial charge in [0.25, 0.3) is 0 Å². The molecule has 0 bridgehead atoms. The molecule has 0 unspecified atom stereocenters. The topological polar surface area (TPSA) is 82.9 Å². The molecular weight excluding hydrogens is 398 g/mol. The average Bonchev–Trinajstić information content (AvgIpc) is 3.17. The molecule has 0 spiro atoms. The van der Waals surface area contributed by atoms with Gasteiger partial charge >= 0.3 is 5.97 Å². The molecule has 2 aromatic carbocycles. The van der Waals surface area contributed by atoms with Crippen LogP contribution in [0, 0.1) is 5.92 Å². The van der Waals surface area contributed by atoms with E-state index in [0.29, 0.717) is 23.9 Å². The predicted molar refractivity (Wildman–Crippen MR) is 115 cm³/mol. The largest absolute Gasteiger partial charge is 0.496 e. The second-order valence-corrected chi connectivity index (χ2v) is 7.17. The van der Waals surface area contributed by atoms with Crippen LogP contribution in [0.15, 0.2) is 48.5 Å². The number of amides is 1. The van der Waals surface area contributed by atoms with E-state index < -0.39 is 17.9 Å². The number of ether oxygens (including phenoxy) is 3. The Hall–Kier alpha value is -3.39. The van der Waals surface area contributed by atoms with Crippen molar-refractivity contribution in [2.75, 3.05) is 38.9 Å². The Labute approximate surface area is 180 Å². The average molecular weight is 423 g/mol. The zero-order valence-electron chi connectivity index (χ0n) is 17.8. The van der Waals surface area contributed by atoms with Crippen molar-refractivity contribution in [3.63, 3.8) is 0 Å². The maximum Gasteiger partial charge on any atom is 0.321 e. The molecule has 8 nitrogen and oxygen atoms in total. The predicted octanol–water partition coefficient (Wildman–Crippen LogP) is 2.81. The maximum absolute atomic E-state index is 13.6. The molecule has 0 aliphatic carbocycles. The van der Waals surface area contributed by atoms with Crippen LogP contribution in [0.2, 0.25) is 0 Å². The molecule has 1 amide bonds. The number of aromatic nitrogens is 2. The second kappa shape index (κ2) is 8.77. The number of carbonyl (C=O) groups is 2.